The normalized spacial score (nSPS) is 10.9. The Morgan fingerprint density at radius 3 is 2.24 bits per heavy atom. The van der Waals surface area contributed by atoms with Gasteiger partial charge in [-0.15, -0.1) is 0 Å². The molecule has 21 heavy (non-hydrogen) atoms. The van der Waals surface area contributed by atoms with Crippen molar-refractivity contribution in [1.29, 1.82) is 0 Å². The average molecular weight is 324 g/mol. The van der Waals surface area contributed by atoms with Crippen LogP contribution in [0.3, 0.4) is 0 Å². The van der Waals surface area contributed by atoms with Gasteiger partial charge < -0.3 is 10.1 Å². The highest BCUT2D eigenvalue weighted by Crippen LogP contribution is 2.25. The molecule has 0 aromatic heterocycles. The van der Waals surface area contributed by atoms with E-state index in [-0.39, 0.29) is 0 Å². The minimum Gasteiger partial charge on any atom is -0.489 e. The third kappa shape index (κ3) is 5.24. The average Bonchev–Trinajstić information content (AvgIpc) is 2.42. The Balaban J connectivity index is 2.05. The Kier molecular flexibility index (Phi) is 5.92. The van der Waals surface area contributed by atoms with E-state index in [1.54, 1.807) is 18.2 Å². The predicted octanol–water partition coefficient (Wildman–Crippen LogP) is 5.07. The van der Waals surface area contributed by atoms with Crippen LogP contribution in [0.4, 0.5) is 0 Å². The van der Waals surface area contributed by atoms with Gasteiger partial charge in [0.15, 0.2) is 0 Å². The lowest BCUT2D eigenvalue weighted by molar-refractivity contribution is 0.304. The van der Waals surface area contributed by atoms with E-state index in [1.807, 2.05) is 12.1 Å². The lowest BCUT2D eigenvalue weighted by atomic mass is 10.1. The van der Waals surface area contributed by atoms with Crippen molar-refractivity contribution in [3.8, 4) is 5.75 Å². The van der Waals surface area contributed by atoms with Gasteiger partial charge in [0.1, 0.15) is 12.4 Å². The molecule has 0 saturated carbocycles. The fourth-order valence-corrected chi connectivity index (χ4v) is 2.46. The Morgan fingerprint density at radius 1 is 1.00 bits per heavy atom. The van der Waals surface area contributed by atoms with Crippen LogP contribution >= 0.6 is 23.2 Å². The van der Waals surface area contributed by atoms with Gasteiger partial charge in [0.25, 0.3) is 0 Å². The smallest absolute Gasteiger partial charge is 0.122 e. The van der Waals surface area contributed by atoms with Gasteiger partial charge in [-0.3, -0.25) is 0 Å². The molecule has 0 bridgehead atoms. The molecule has 2 aromatic rings. The van der Waals surface area contributed by atoms with Crippen molar-refractivity contribution < 1.29 is 4.74 Å². The molecular weight excluding hydrogens is 305 g/mol. The minimum atomic E-state index is 0.450. The Hall–Kier alpha value is -1.22. The molecule has 0 spiro atoms. The molecular formula is C17H19Cl2NO. The second kappa shape index (κ2) is 7.69. The van der Waals surface area contributed by atoms with Crippen molar-refractivity contribution in [3.63, 3.8) is 0 Å². The van der Waals surface area contributed by atoms with Crippen LogP contribution in [0.15, 0.2) is 42.5 Å². The van der Waals surface area contributed by atoms with Crippen molar-refractivity contribution in [3.05, 3.63) is 63.6 Å². The van der Waals surface area contributed by atoms with E-state index < -0.39 is 0 Å². The number of hydrogen-bond acceptors (Lipinski definition) is 2. The first-order valence-electron chi connectivity index (χ1n) is 6.93. The molecule has 112 valence electrons. The quantitative estimate of drug-likeness (QED) is 0.801. The van der Waals surface area contributed by atoms with Gasteiger partial charge in [-0.2, -0.15) is 0 Å². The van der Waals surface area contributed by atoms with Crippen LogP contribution in [0.25, 0.3) is 0 Å². The van der Waals surface area contributed by atoms with Gasteiger partial charge in [-0.05, 0) is 29.3 Å². The van der Waals surface area contributed by atoms with Crippen LogP contribution in [0.5, 0.6) is 5.75 Å². The topological polar surface area (TPSA) is 21.3 Å². The van der Waals surface area contributed by atoms with E-state index in [2.05, 4.69) is 31.3 Å². The molecule has 2 nitrogen and oxygen atoms in total. The molecule has 0 amide bonds. The monoisotopic (exact) mass is 323 g/mol. The molecule has 2 aromatic carbocycles. The van der Waals surface area contributed by atoms with Crippen molar-refractivity contribution in [2.45, 2.75) is 33.0 Å². The number of ether oxygens (including phenoxy) is 1. The summed E-state index contributed by atoms with van der Waals surface area (Å²) in [5, 5.41) is 4.57. The standard InChI is InChI=1S/C17H19Cl2NO/c1-12(2)20-10-13-5-3-4-6-14(13)11-21-17-8-15(18)7-16(19)9-17/h3-9,12,20H,10-11H2,1-2H3. The van der Waals surface area contributed by atoms with Crippen LogP contribution in [0.1, 0.15) is 25.0 Å². The van der Waals surface area contributed by atoms with E-state index in [1.165, 1.54) is 5.56 Å². The number of rotatable bonds is 6. The zero-order valence-corrected chi connectivity index (χ0v) is 13.7. The lowest BCUT2D eigenvalue weighted by Crippen LogP contribution is -2.22. The minimum absolute atomic E-state index is 0.450. The second-order valence-electron chi connectivity index (χ2n) is 5.20. The lowest BCUT2D eigenvalue weighted by Gasteiger charge is -2.13. The summed E-state index contributed by atoms with van der Waals surface area (Å²) in [4.78, 5) is 0. The van der Waals surface area contributed by atoms with Gasteiger partial charge in [-0.1, -0.05) is 61.3 Å². The molecule has 0 heterocycles. The van der Waals surface area contributed by atoms with Crippen LogP contribution in [0.2, 0.25) is 10.0 Å². The number of benzene rings is 2. The van der Waals surface area contributed by atoms with Crippen molar-refractivity contribution in [2.24, 2.45) is 0 Å². The van der Waals surface area contributed by atoms with Gasteiger partial charge in [0, 0.05) is 22.6 Å². The molecule has 1 N–H and O–H groups in total. The van der Waals surface area contributed by atoms with Crippen molar-refractivity contribution in [1.82, 2.24) is 5.32 Å². The zero-order chi connectivity index (χ0) is 15.2. The molecule has 0 unspecified atom stereocenters. The van der Waals surface area contributed by atoms with Crippen LogP contribution in [-0.2, 0) is 13.2 Å². The van der Waals surface area contributed by atoms with E-state index in [0.717, 1.165) is 12.1 Å². The van der Waals surface area contributed by atoms with E-state index in [9.17, 15) is 0 Å². The van der Waals surface area contributed by atoms with E-state index in [0.29, 0.717) is 28.4 Å². The first-order valence-corrected chi connectivity index (χ1v) is 7.69. The third-order valence-electron chi connectivity index (χ3n) is 3.05. The summed E-state index contributed by atoms with van der Waals surface area (Å²) >= 11 is 11.9. The largest absolute Gasteiger partial charge is 0.489 e. The summed E-state index contributed by atoms with van der Waals surface area (Å²) < 4.78 is 5.80. The second-order valence-corrected chi connectivity index (χ2v) is 6.07. The summed E-state index contributed by atoms with van der Waals surface area (Å²) in [7, 11) is 0. The highest BCUT2D eigenvalue weighted by Gasteiger charge is 2.05. The first-order chi connectivity index (χ1) is 10.0. The molecule has 0 fully saturated rings. The van der Waals surface area contributed by atoms with Gasteiger partial charge in [-0.25, -0.2) is 0 Å². The summed E-state index contributed by atoms with van der Waals surface area (Å²) in [5.41, 5.74) is 2.39. The number of nitrogens with one attached hydrogen (secondary N) is 1. The zero-order valence-electron chi connectivity index (χ0n) is 12.2. The Labute approximate surface area is 136 Å². The van der Waals surface area contributed by atoms with Crippen LogP contribution in [-0.4, -0.2) is 6.04 Å². The van der Waals surface area contributed by atoms with Crippen LogP contribution in [0, 0.1) is 0 Å². The Bertz CT molecular complexity index is 579. The molecule has 0 aliphatic heterocycles. The van der Waals surface area contributed by atoms with Gasteiger partial charge in [0.05, 0.1) is 0 Å². The summed E-state index contributed by atoms with van der Waals surface area (Å²) in [5.74, 6) is 0.680. The predicted molar refractivity (Wildman–Crippen MR) is 89.2 cm³/mol. The number of hydrogen-bond donors (Lipinski definition) is 1. The third-order valence-corrected chi connectivity index (χ3v) is 3.49. The Morgan fingerprint density at radius 2 is 1.62 bits per heavy atom. The first kappa shape index (κ1) is 16.2. The van der Waals surface area contributed by atoms with Crippen molar-refractivity contribution in [2.75, 3.05) is 0 Å². The SMILES string of the molecule is CC(C)NCc1ccccc1COc1cc(Cl)cc(Cl)c1. The van der Waals surface area contributed by atoms with Gasteiger partial charge in [0.2, 0.25) is 0 Å². The molecule has 0 saturated heterocycles. The highest BCUT2D eigenvalue weighted by atomic mass is 35.5. The summed E-state index contributed by atoms with van der Waals surface area (Å²) in [6, 6.07) is 13.9. The van der Waals surface area contributed by atoms with E-state index >= 15 is 0 Å². The van der Waals surface area contributed by atoms with Crippen LogP contribution < -0.4 is 10.1 Å². The fraction of sp³-hybridized carbons (Fsp3) is 0.294. The highest BCUT2D eigenvalue weighted by molar-refractivity contribution is 6.34. The summed E-state index contributed by atoms with van der Waals surface area (Å²) in [6.45, 7) is 5.58. The molecule has 2 rings (SSSR count). The number of halogens is 2. The summed E-state index contributed by atoms with van der Waals surface area (Å²) in [6.07, 6.45) is 0. The van der Waals surface area contributed by atoms with Crippen molar-refractivity contribution >= 4 is 23.2 Å². The maximum absolute atomic E-state index is 5.97. The van der Waals surface area contributed by atoms with E-state index in [4.69, 9.17) is 27.9 Å². The molecule has 0 aliphatic rings. The molecule has 0 radical (unpaired) electrons. The fourth-order valence-electron chi connectivity index (χ4n) is 1.96. The maximum atomic E-state index is 5.97. The molecule has 4 heteroatoms. The maximum Gasteiger partial charge on any atom is 0.122 e. The molecule has 0 atom stereocenters. The molecule has 0 aliphatic carbocycles. The van der Waals surface area contributed by atoms with Gasteiger partial charge >= 0.3 is 0 Å².